The molecule has 0 fully saturated rings. The molecule has 0 aromatic carbocycles. The topological polar surface area (TPSA) is 88.8 Å². The third-order valence-electron chi connectivity index (χ3n) is 1.70. The molecule has 0 N–H and O–H groups in total. The molecule has 94 valence electrons. The van der Waals surface area contributed by atoms with Gasteiger partial charge in [0, 0.05) is 6.21 Å². The molecule has 1 aliphatic rings. The minimum absolute atomic E-state index is 0.172. The molecule has 1 rings (SSSR count). The Morgan fingerprint density at radius 1 is 1.22 bits per heavy atom. The first-order valence-electron chi connectivity index (χ1n) is 4.53. The molecule has 0 amide bonds. The highest BCUT2D eigenvalue weighted by atomic mass is 32.2. The number of carbonyl (C=O) groups is 2. The summed E-state index contributed by atoms with van der Waals surface area (Å²) >= 11 is 2.15. The van der Waals surface area contributed by atoms with Gasteiger partial charge in [0.05, 0.1) is 18.5 Å². The standard InChI is InChI=1S/C10H8N2O4S2/c1-15-9(13)7-8(10(14)16-2)18-6(17-7)3-4-12-5-11/h3-4H,1-2H3. The fourth-order valence-corrected chi connectivity index (χ4v) is 3.23. The van der Waals surface area contributed by atoms with E-state index >= 15 is 0 Å². The number of aliphatic imine (C=N–C) groups is 1. The van der Waals surface area contributed by atoms with Gasteiger partial charge in [-0.05, 0) is 6.08 Å². The molecule has 1 heterocycles. The Morgan fingerprint density at radius 2 is 1.72 bits per heavy atom. The number of carbonyl (C=O) groups excluding carboxylic acids is 2. The number of hydrogen-bond acceptors (Lipinski definition) is 8. The fraction of sp³-hybridized carbons (Fsp3) is 0.200. The Morgan fingerprint density at radius 3 is 2.11 bits per heavy atom. The minimum Gasteiger partial charge on any atom is -0.465 e. The van der Waals surface area contributed by atoms with E-state index < -0.39 is 11.9 Å². The van der Waals surface area contributed by atoms with Crippen LogP contribution in [-0.2, 0) is 19.1 Å². The van der Waals surface area contributed by atoms with E-state index in [0.717, 1.165) is 23.5 Å². The summed E-state index contributed by atoms with van der Waals surface area (Å²) in [5.74, 6) is -1.21. The average Bonchev–Trinajstić information content (AvgIpc) is 2.81. The van der Waals surface area contributed by atoms with Crippen LogP contribution in [0.3, 0.4) is 0 Å². The highest BCUT2D eigenvalue weighted by Crippen LogP contribution is 2.49. The van der Waals surface area contributed by atoms with Gasteiger partial charge in [0.1, 0.15) is 9.81 Å². The van der Waals surface area contributed by atoms with Gasteiger partial charge < -0.3 is 9.47 Å². The predicted molar refractivity (Wildman–Crippen MR) is 68.4 cm³/mol. The van der Waals surface area contributed by atoms with Crippen molar-refractivity contribution in [3.05, 3.63) is 20.1 Å². The molecule has 0 aliphatic carbocycles. The van der Waals surface area contributed by atoms with E-state index in [9.17, 15) is 9.59 Å². The van der Waals surface area contributed by atoms with Crippen LogP contribution in [0.25, 0.3) is 0 Å². The Labute approximate surface area is 112 Å². The van der Waals surface area contributed by atoms with Crippen LogP contribution in [0.15, 0.2) is 25.1 Å². The lowest BCUT2D eigenvalue weighted by Crippen LogP contribution is -2.08. The summed E-state index contributed by atoms with van der Waals surface area (Å²) < 4.78 is 9.80. The third kappa shape index (κ3) is 3.38. The molecule has 0 bridgehead atoms. The van der Waals surface area contributed by atoms with Crippen LogP contribution in [0, 0.1) is 11.5 Å². The molecule has 0 aromatic rings. The number of nitriles is 1. The number of ether oxygens (including phenoxy) is 2. The monoisotopic (exact) mass is 284 g/mol. The zero-order valence-electron chi connectivity index (χ0n) is 9.50. The number of nitrogens with zero attached hydrogens (tertiary/aromatic N) is 2. The summed E-state index contributed by atoms with van der Waals surface area (Å²) in [5.41, 5.74) is 0. The maximum Gasteiger partial charge on any atom is 0.346 e. The van der Waals surface area contributed by atoms with Crippen LogP contribution in [0.4, 0.5) is 0 Å². The summed E-state index contributed by atoms with van der Waals surface area (Å²) in [4.78, 5) is 26.7. The Bertz CT molecular complexity index is 472. The van der Waals surface area contributed by atoms with Gasteiger partial charge in [0.25, 0.3) is 0 Å². The van der Waals surface area contributed by atoms with E-state index in [1.54, 1.807) is 6.19 Å². The third-order valence-corrected chi connectivity index (χ3v) is 4.15. The number of esters is 2. The van der Waals surface area contributed by atoms with Crippen molar-refractivity contribution in [3.63, 3.8) is 0 Å². The molecule has 0 spiro atoms. The van der Waals surface area contributed by atoms with E-state index in [1.807, 2.05) is 0 Å². The Hall–Kier alpha value is -1.72. The Kier molecular flexibility index (Phi) is 5.48. The first kappa shape index (κ1) is 14.3. The lowest BCUT2D eigenvalue weighted by atomic mass is 10.5. The van der Waals surface area contributed by atoms with Crippen LogP contribution in [0.1, 0.15) is 0 Å². The van der Waals surface area contributed by atoms with E-state index in [4.69, 9.17) is 5.26 Å². The number of hydrogen-bond donors (Lipinski definition) is 0. The first-order valence-corrected chi connectivity index (χ1v) is 6.16. The quantitative estimate of drug-likeness (QED) is 0.440. The van der Waals surface area contributed by atoms with Gasteiger partial charge in [-0.25, -0.2) is 9.59 Å². The van der Waals surface area contributed by atoms with Crippen molar-refractivity contribution in [2.45, 2.75) is 0 Å². The van der Waals surface area contributed by atoms with Crippen LogP contribution in [0.2, 0.25) is 0 Å². The summed E-state index contributed by atoms with van der Waals surface area (Å²) in [6.45, 7) is 0. The highest BCUT2D eigenvalue weighted by Gasteiger charge is 2.31. The molecule has 0 radical (unpaired) electrons. The van der Waals surface area contributed by atoms with E-state index in [0.29, 0.717) is 4.24 Å². The van der Waals surface area contributed by atoms with Crippen molar-refractivity contribution in [1.82, 2.24) is 0 Å². The van der Waals surface area contributed by atoms with Gasteiger partial charge in [0.15, 0.2) is 0 Å². The van der Waals surface area contributed by atoms with Crippen molar-refractivity contribution in [2.24, 2.45) is 4.99 Å². The molecule has 0 saturated carbocycles. The molecule has 0 aromatic heterocycles. The van der Waals surface area contributed by atoms with Gasteiger partial charge in [-0.2, -0.15) is 10.3 Å². The second-order valence-corrected chi connectivity index (χ2v) is 5.07. The number of thioether (sulfide) groups is 2. The summed E-state index contributed by atoms with van der Waals surface area (Å²) in [5, 5.41) is 8.25. The maximum absolute atomic E-state index is 11.5. The fourth-order valence-electron chi connectivity index (χ4n) is 0.968. The van der Waals surface area contributed by atoms with Crippen LogP contribution >= 0.6 is 23.5 Å². The van der Waals surface area contributed by atoms with Gasteiger partial charge >= 0.3 is 11.9 Å². The van der Waals surface area contributed by atoms with Gasteiger partial charge in [0.2, 0.25) is 6.19 Å². The summed E-state index contributed by atoms with van der Waals surface area (Å²) in [7, 11) is 2.46. The van der Waals surface area contributed by atoms with Crippen molar-refractivity contribution in [1.29, 1.82) is 5.26 Å². The normalized spacial score (nSPS) is 14.6. The molecule has 1 aliphatic heterocycles. The zero-order chi connectivity index (χ0) is 13.5. The van der Waals surface area contributed by atoms with Gasteiger partial charge in [-0.1, -0.05) is 23.5 Å². The van der Waals surface area contributed by atoms with Crippen LogP contribution in [0.5, 0.6) is 0 Å². The molecule has 0 unspecified atom stereocenters. The smallest absolute Gasteiger partial charge is 0.346 e. The lowest BCUT2D eigenvalue weighted by Gasteiger charge is -2.00. The SMILES string of the molecule is COC(=O)C1=C(C(=O)OC)SC(=CC=NC#N)S1. The molecule has 8 heteroatoms. The largest absolute Gasteiger partial charge is 0.465 e. The molecule has 18 heavy (non-hydrogen) atoms. The van der Waals surface area contributed by atoms with E-state index in [2.05, 4.69) is 14.5 Å². The number of methoxy groups -OCH3 is 2. The van der Waals surface area contributed by atoms with Crippen molar-refractivity contribution in [2.75, 3.05) is 14.2 Å². The minimum atomic E-state index is -0.603. The van der Waals surface area contributed by atoms with E-state index in [-0.39, 0.29) is 9.81 Å². The lowest BCUT2D eigenvalue weighted by molar-refractivity contribution is -0.138. The number of allylic oxidation sites excluding steroid dienone is 1. The van der Waals surface area contributed by atoms with Gasteiger partial charge in [-0.3, -0.25) is 0 Å². The number of rotatable bonds is 3. The molecule has 6 nitrogen and oxygen atoms in total. The zero-order valence-corrected chi connectivity index (χ0v) is 11.1. The van der Waals surface area contributed by atoms with Crippen LogP contribution in [-0.4, -0.2) is 32.4 Å². The average molecular weight is 284 g/mol. The molecular weight excluding hydrogens is 276 g/mol. The predicted octanol–water partition coefficient (Wildman–Crippen LogP) is 1.42. The van der Waals surface area contributed by atoms with Crippen molar-refractivity contribution < 1.29 is 19.1 Å². The van der Waals surface area contributed by atoms with Crippen LogP contribution < -0.4 is 0 Å². The van der Waals surface area contributed by atoms with Crippen molar-refractivity contribution in [3.8, 4) is 6.19 Å². The Balaban J connectivity index is 2.97. The maximum atomic E-state index is 11.5. The summed E-state index contributed by atoms with van der Waals surface area (Å²) in [6, 6.07) is 0. The van der Waals surface area contributed by atoms with E-state index in [1.165, 1.54) is 26.5 Å². The van der Waals surface area contributed by atoms with Crippen molar-refractivity contribution >= 4 is 41.7 Å². The van der Waals surface area contributed by atoms with Gasteiger partial charge in [-0.15, -0.1) is 0 Å². The second-order valence-electron chi connectivity index (χ2n) is 2.71. The first-order chi connectivity index (χ1) is 8.63. The molecule has 0 atom stereocenters. The highest BCUT2D eigenvalue weighted by molar-refractivity contribution is 8.29. The molecule has 0 saturated heterocycles. The summed E-state index contributed by atoms with van der Waals surface area (Å²) in [6.07, 6.45) is 4.40. The molecular formula is C10H8N2O4S2. The second kappa shape index (κ2) is 6.88.